The number of benzene rings is 2. The summed E-state index contributed by atoms with van der Waals surface area (Å²) in [5.74, 6) is 0.0958. The summed E-state index contributed by atoms with van der Waals surface area (Å²) in [6.07, 6.45) is 2.71. The van der Waals surface area contributed by atoms with E-state index in [1.54, 1.807) is 23.7 Å². The fourth-order valence-corrected chi connectivity index (χ4v) is 4.20. The second kappa shape index (κ2) is 8.09. The molecule has 0 radical (unpaired) electrons. The predicted octanol–water partition coefficient (Wildman–Crippen LogP) is 2.76. The van der Waals surface area contributed by atoms with Crippen molar-refractivity contribution >= 4 is 28.0 Å². The Morgan fingerprint density at radius 1 is 1.06 bits per heavy atom. The normalized spacial score (nSPS) is 11.5. The van der Waals surface area contributed by atoms with E-state index in [1.807, 2.05) is 24.4 Å². The number of H-pyrrole nitrogens is 1. The number of aromatic amines is 1. The zero-order chi connectivity index (χ0) is 23.1. The highest BCUT2D eigenvalue weighted by atomic mass is 19.1. The van der Waals surface area contributed by atoms with Gasteiger partial charge in [0.2, 0.25) is 5.95 Å². The number of hydrogen-bond acceptors (Lipinski definition) is 4. The van der Waals surface area contributed by atoms with E-state index in [0.29, 0.717) is 23.6 Å². The van der Waals surface area contributed by atoms with Crippen LogP contribution in [0.1, 0.15) is 11.1 Å². The second-order valence-electron chi connectivity index (χ2n) is 8.07. The Bertz CT molecular complexity index is 1610. The van der Waals surface area contributed by atoms with Crippen LogP contribution in [0.25, 0.3) is 22.1 Å². The van der Waals surface area contributed by atoms with Crippen molar-refractivity contribution in [1.82, 2.24) is 23.7 Å². The van der Waals surface area contributed by atoms with E-state index in [1.165, 1.54) is 23.7 Å². The number of aryl methyl sites for hydroxylation is 1. The Morgan fingerprint density at radius 2 is 1.88 bits per heavy atom. The summed E-state index contributed by atoms with van der Waals surface area (Å²) in [6, 6.07) is 14.3. The van der Waals surface area contributed by atoms with Gasteiger partial charge in [-0.15, -0.1) is 0 Å². The van der Waals surface area contributed by atoms with Crippen molar-refractivity contribution in [2.45, 2.75) is 13.0 Å². The van der Waals surface area contributed by atoms with Crippen LogP contribution in [0.5, 0.6) is 0 Å². The Kier molecular flexibility index (Phi) is 5.08. The number of fused-ring (bicyclic) bond motifs is 2. The quantitative estimate of drug-likeness (QED) is 0.420. The zero-order valence-corrected chi connectivity index (χ0v) is 18.3. The monoisotopic (exact) mass is 446 g/mol. The third-order valence-corrected chi connectivity index (χ3v) is 5.93. The molecule has 168 valence electrons. The van der Waals surface area contributed by atoms with Crippen molar-refractivity contribution in [3.8, 4) is 0 Å². The Morgan fingerprint density at radius 3 is 2.70 bits per heavy atom. The summed E-state index contributed by atoms with van der Waals surface area (Å²) in [5, 5.41) is 4.47. The molecule has 0 unspecified atom stereocenters. The molecule has 0 bridgehead atoms. The highest BCUT2D eigenvalue weighted by molar-refractivity contribution is 5.83. The number of halogens is 1. The number of nitrogens with one attached hydrogen (secondary N) is 2. The molecule has 0 aliphatic rings. The lowest BCUT2D eigenvalue weighted by Crippen LogP contribution is -2.37. The highest BCUT2D eigenvalue weighted by Gasteiger charge is 2.19. The van der Waals surface area contributed by atoms with Gasteiger partial charge < -0.3 is 10.3 Å². The van der Waals surface area contributed by atoms with Crippen LogP contribution in [-0.2, 0) is 27.1 Å². The van der Waals surface area contributed by atoms with E-state index in [9.17, 15) is 14.0 Å². The molecule has 2 aromatic carbocycles. The lowest BCUT2D eigenvalue weighted by atomic mass is 10.1. The van der Waals surface area contributed by atoms with Gasteiger partial charge in [-0.3, -0.25) is 18.5 Å². The number of nitrogens with zero attached hydrogens (tertiary/aromatic N) is 4. The Hall–Kier alpha value is -4.14. The lowest BCUT2D eigenvalue weighted by molar-refractivity contribution is 0.624. The molecule has 0 aliphatic heterocycles. The average Bonchev–Trinajstić information content (AvgIpc) is 3.38. The Balaban J connectivity index is 1.54. The third kappa shape index (κ3) is 3.61. The number of hydrogen-bond donors (Lipinski definition) is 2. The van der Waals surface area contributed by atoms with E-state index in [-0.39, 0.29) is 18.0 Å². The maximum absolute atomic E-state index is 13.8. The van der Waals surface area contributed by atoms with Gasteiger partial charge in [0.15, 0.2) is 11.2 Å². The molecular weight excluding hydrogens is 423 g/mol. The van der Waals surface area contributed by atoms with Crippen molar-refractivity contribution in [3.63, 3.8) is 0 Å². The van der Waals surface area contributed by atoms with Gasteiger partial charge in [0.25, 0.3) is 5.56 Å². The SMILES string of the molecule is Cn1c(=O)c2c(nc(NCCc3c[nH]c4ccccc34)n2Cc2cccc(F)c2)n(C)c1=O. The van der Waals surface area contributed by atoms with Crippen LogP contribution in [0, 0.1) is 5.82 Å². The molecule has 0 saturated carbocycles. The van der Waals surface area contributed by atoms with E-state index in [2.05, 4.69) is 21.4 Å². The molecule has 33 heavy (non-hydrogen) atoms. The summed E-state index contributed by atoms with van der Waals surface area (Å²) in [5.41, 5.74) is 2.60. The highest BCUT2D eigenvalue weighted by Crippen LogP contribution is 2.20. The fourth-order valence-electron chi connectivity index (χ4n) is 4.20. The topological polar surface area (TPSA) is 89.6 Å². The molecule has 2 N–H and O–H groups in total. The summed E-state index contributed by atoms with van der Waals surface area (Å²) in [6.45, 7) is 0.791. The summed E-state index contributed by atoms with van der Waals surface area (Å²) in [7, 11) is 3.02. The standard InChI is InChI=1S/C24H23FN6O2/c1-29-21-20(22(32)30(2)24(29)33)31(14-15-6-5-7-17(25)12-15)23(28-21)26-11-10-16-13-27-19-9-4-3-8-18(16)19/h3-9,12-13,27H,10-11,14H2,1-2H3,(H,26,28). The van der Waals surface area contributed by atoms with Crippen LogP contribution in [0.2, 0.25) is 0 Å². The van der Waals surface area contributed by atoms with Crippen LogP contribution in [0.15, 0.2) is 64.3 Å². The fraction of sp³-hybridized carbons (Fsp3) is 0.208. The average molecular weight is 446 g/mol. The number of imidazole rings is 1. The maximum Gasteiger partial charge on any atom is 0.332 e. The molecule has 8 nitrogen and oxygen atoms in total. The van der Waals surface area contributed by atoms with Crippen molar-refractivity contribution < 1.29 is 4.39 Å². The first-order chi connectivity index (χ1) is 15.9. The number of rotatable bonds is 6. The molecule has 9 heteroatoms. The lowest BCUT2D eigenvalue weighted by Gasteiger charge is -2.11. The van der Waals surface area contributed by atoms with Crippen molar-refractivity contribution in [2.75, 3.05) is 11.9 Å². The molecule has 0 saturated heterocycles. The molecule has 0 spiro atoms. The minimum Gasteiger partial charge on any atom is -0.361 e. The van der Waals surface area contributed by atoms with Gasteiger partial charge >= 0.3 is 5.69 Å². The van der Waals surface area contributed by atoms with E-state index in [4.69, 9.17) is 0 Å². The smallest absolute Gasteiger partial charge is 0.332 e. The first-order valence-corrected chi connectivity index (χ1v) is 10.6. The number of para-hydroxylation sites is 1. The van der Waals surface area contributed by atoms with Crippen LogP contribution >= 0.6 is 0 Å². The molecule has 0 atom stereocenters. The summed E-state index contributed by atoms with van der Waals surface area (Å²) in [4.78, 5) is 33.2. The van der Waals surface area contributed by atoms with Crippen molar-refractivity contribution in [1.29, 1.82) is 0 Å². The predicted molar refractivity (Wildman–Crippen MR) is 126 cm³/mol. The molecule has 0 aliphatic carbocycles. The van der Waals surface area contributed by atoms with E-state index in [0.717, 1.165) is 27.5 Å². The van der Waals surface area contributed by atoms with Crippen molar-refractivity contribution in [2.24, 2.45) is 14.1 Å². The van der Waals surface area contributed by atoms with Gasteiger partial charge in [-0.05, 0) is 35.7 Å². The second-order valence-corrected chi connectivity index (χ2v) is 8.07. The number of anilines is 1. The minimum atomic E-state index is -0.451. The van der Waals surface area contributed by atoms with Crippen LogP contribution in [0.3, 0.4) is 0 Å². The third-order valence-electron chi connectivity index (χ3n) is 5.93. The van der Waals surface area contributed by atoms with Gasteiger partial charge in [-0.2, -0.15) is 4.98 Å². The molecule has 3 heterocycles. The van der Waals surface area contributed by atoms with E-state index < -0.39 is 11.2 Å². The molecule has 5 rings (SSSR count). The summed E-state index contributed by atoms with van der Waals surface area (Å²) < 4.78 is 17.9. The summed E-state index contributed by atoms with van der Waals surface area (Å²) >= 11 is 0. The largest absolute Gasteiger partial charge is 0.361 e. The molecular formula is C24H23FN6O2. The first-order valence-electron chi connectivity index (χ1n) is 10.6. The van der Waals surface area contributed by atoms with Crippen LogP contribution in [-0.4, -0.2) is 30.2 Å². The molecule has 3 aromatic heterocycles. The van der Waals surface area contributed by atoms with Crippen molar-refractivity contribution in [3.05, 3.63) is 92.5 Å². The van der Waals surface area contributed by atoms with Gasteiger partial charge in [-0.1, -0.05) is 30.3 Å². The molecule has 0 fully saturated rings. The van der Waals surface area contributed by atoms with Crippen LogP contribution in [0.4, 0.5) is 10.3 Å². The van der Waals surface area contributed by atoms with Gasteiger partial charge in [0.1, 0.15) is 5.82 Å². The first kappa shape index (κ1) is 20.7. The molecule has 0 amide bonds. The van der Waals surface area contributed by atoms with Gasteiger partial charge in [0.05, 0.1) is 6.54 Å². The van der Waals surface area contributed by atoms with Gasteiger partial charge in [-0.25, -0.2) is 9.18 Å². The maximum atomic E-state index is 13.8. The van der Waals surface area contributed by atoms with Crippen LogP contribution < -0.4 is 16.6 Å². The van der Waals surface area contributed by atoms with E-state index >= 15 is 0 Å². The zero-order valence-electron chi connectivity index (χ0n) is 18.3. The Labute approximate surface area is 187 Å². The number of aromatic nitrogens is 5. The van der Waals surface area contributed by atoms with Gasteiger partial charge in [0, 0.05) is 37.7 Å². The minimum absolute atomic E-state index is 0.233. The molecule has 5 aromatic rings.